The molecule has 3 aromatic rings. The maximum Gasteiger partial charge on any atom is 0.309 e. The molecule has 1 aromatic heterocycles. The van der Waals surface area contributed by atoms with E-state index in [1.54, 1.807) is 13.0 Å². The molecule has 1 aliphatic carbocycles. The van der Waals surface area contributed by atoms with Gasteiger partial charge in [0.1, 0.15) is 11.3 Å². The van der Waals surface area contributed by atoms with Gasteiger partial charge in [-0.2, -0.15) is 0 Å². The van der Waals surface area contributed by atoms with Gasteiger partial charge in [-0.05, 0) is 24.8 Å². The summed E-state index contributed by atoms with van der Waals surface area (Å²) in [6.07, 6.45) is 0.679. The van der Waals surface area contributed by atoms with Crippen molar-refractivity contribution in [3.05, 3.63) is 58.4 Å². The van der Waals surface area contributed by atoms with Gasteiger partial charge in [-0.1, -0.05) is 30.3 Å². The van der Waals surface area contributed by atoms with Gasteiger partial charge in [0.25, 0.3) is 0 Å². The summed E-state index contributed by atoms with van der Waals surface area (Å²) in [5.41, 5.74) is 0.529. The topological polar surface area (TPSA) is 56.5 Å². The van der Waals surface area contributed by atoms with E-state index in [2.05, 4.69) is 0 Å². The Labute approximate surface area is 132 Å². The highest BCUT2D eigenvalue weighted by molar-refractivity contribution is 6.03. The van der Waals surface area contributed by atoms with Crippen LogP contribution in [0.5, 0.6) is 0 Å². The van der Waals surface area contributed by atoms with E-state index >= 15 is 0 Å². The summed E-state index contributed by atoms with van der Waals surface area (Å²) >= 11 is 0. The number of esters is 1. The third kappa shape index (κ3) is 2.31. The number of rotatable bonds is 3. The SMILES string of the molecule is CCOC(=O)C1CC1c1cc(=O)c2ccc3ccccc3c2o1. The van der Waals surface area contributed by atoms with Crippen molar-refractivity contribution in [1.29, 1.82) is 0 Å². The van der Waals surface area contributed by atoms with Gasteiger partial charge in [-0.15, -0.1) is 0 Å². The van der Waals surface area contributed by atoms with Crippen molar-refractivity contribution >= 4 is 27.7 Å². The van der Waals surface area contributed by atoms with Crippen LogP contribution in [-0.4, -0.2) is 12.6 Å². The summed E-state index contributed by atoms with van der Waals surface area (Å²) in [4.78, 5) is 24.2. The van der Waals surface area contributed by atoms with E-state index in [9.17, 15) is 9.59 Å². The zero-order chi connectivity index (χ0) is 16.0. The van der Waals surface area contributed by atoms with Gasteiger partial charge in [-0.25, -0.2) is 0 Å². The van der Waals surface area contributed by atoms with Crippen LogP contribution in [0.4, 0.5) is 0 Å². The Balaban J connectivity index is 1.82. The summed E-state index contributed by atoms with van der Waals surface area (Å²) in [5, 5.41) is 2.51. The zero-order valence-electron chi connectivity index (χ0n) is 12.7. The van der Waals surface area contributed by atoms with Gasteiger partial charge >= 0.3 is 5.97 Å². The first-order valence-electron chi connectivity index (χ1n) is 7.81. The molecule has 2 aromatic carbocycles. The van der Waals surface area contributed by atoms with E-state index in [0.717, 1.165) is 10.8 Å². The number of carbonyl (C=O) groups is 1. The van der Waals surface area contributed by atoms with Crippen LogP contribution < -0.4 is 5.43 Å². The lowest BCUT2D eigenvalue weighted by molar-refractivity contribution is -0.144. The minimum Gasteiger partial charge on any atom is -0.466 e. The van der Waals surface area contributed by atoms with Crippen LogP contribution in [-0.2, 0) is 9.53 Å². The quantitative estimate of drug-likeness (QED) is 0.548. The molecule has 116 valence electrons. The fraction of sp³-hybridized carbons (Fsp3) is 0.263. The fourth-order valence-electron chi connectivity index (χ4n) is 3.10. The Bertz CT molecular complexity index is 970. The van der Waals surface area contributed by atoms with Gasteiger partial charge < -0.3 is 9.15 Å². The lowest BCUT2D eigenvalue weighted by Gasteiger charge is -2.06. The van der Waals surface area contributed by atoms with Crippen molar-refractivity contribution in [2.24, 2.45) is 5.92 Å². The first-order chi connectivity index (χ1) is 11.2. The van der Waals surface area contributed by atoms with Crippen molar-refractivity contribution in [3.8, 4) is 0 Å². The molecule has 0 N–H and O–H groups in total. The van der Waals surface area contributed by atoms with E-state index < -0.39 is 0 Å². The number of benzene rings is 2. The van der Waals surface area contributed by atoms with Gasteiger partial charge in [0, 0.05) is 17.4 Å². The predicted octanol–water partition coefficient (Wildman–Crippen LogP) is 3.61. The standard InChI is InChI=1S/C19H16O4/c1-2-22-19(21)15-9-14(15)17-10-16(20)13-8-7-11-5-3-4-6-12(11)18(13)23-17/h3-8,10,14-15H,2,9H2,1H3. The number of carbonyl (C=O) groups excluding carboxylic acids is 1. The van der Waals surface area contributed by atoms with Crippen molar-refractivity contribution in [2.75, 3.05) is 6.61 Å². The Hall–Kier alpha value is -2.62. The molecule has 1 heterocycles. The summed E-state index contributed by atoms with van der Waals surface area (Å²) in [5.74, 6) is 0.130. The first kappa shape index (κ1) is 14.0. The molecular formula is C19H16O4. The Morgan fingerprint density at radius 2 is 2.04 bits per heavy atom. The molecule has 1 saturated carbocycles. The molecular weight excluding hydrogens is 292 g/mol. The number of hydrogen-bond acceptors (Lipinski definition) is 4. The van der Waals surface area contributed by atoms with Crippen LogP contribution in [0.25, 0.3) is 21.7 Å². The number of hydrogen-bond donors (Lipinski definition) is 0. The second-order valence-electron chi connectivity index (χ2n) is 5.88. The normalized spacial score (nSPS) is 19.9. The minimum absolute atomic E-state index is 0.0508. The molecule has 2 atom stereocenters. The smallest absolute Gasteiger partial charge is 0.309 e. The third-order valence-corrected chi connectivity index (χ3v) is 4.38. The lowest BCUT2D eigenvalue weighted by atomic mass is 10.1. The van der Waals surface area contributed by atoms with Crippen LogP contribution in [0.3, 0.4) is 0 Å². The molecule has 1 fully saturated rings. The van der Waals surface area contributed by atoms with E-state index in [-0.39, 0.29) is 23.2 Å². The Morgan fingerprint density at radius 3 is 2.87 bits per heavy atom. The molecule has 4 rings (SSSR count). The van der Waals surface area contributed by atoms with E-state index in [1.807, 2.05) is 30.3 Å². The first-order valence-corrected chi connectivity index (χ1v) is 7.81. The largest absolute Gasteiger partial charge is 0.466 e. The zero-order valence-corrected chi connectivity index (χ0v) is 12.7. The lowest BCUT2D eigenvalue weighted by Crippen LogP contribution is -2.08. The molecule has 2 unspecified atom stereocenters. The second kappa shape index (κ2) is 5.23. The maximum absolute atomic E-state index is 12.4. The highest BCUT2D eigenvalue weighted by atomic mass is 16.5. The summed E-state index contributed by atoms with van der Waals surface area (Å²) in [6, 6.07) is 13.0. The highest BCUT2D eigenvalue weighted by Crippen LogP contribution is 2.48. The van der Waals surface area contributed by atoms with Crippen LogP contribution in [0.2, 0.25) is 0 Å². The summed E-state index contributed by atoms with van der Waals surface area (Å²) in [7, 11) is 0. The molecule has 1 aliphatic rings. The molecule has 0 spiro atoms. The van der Waals surface area contributed by atoms with Crippen molar-refractivity contribution in [2.45, 2.75) is 19.3 Å². The van der Waals surface area contributed by atoms with E-state index in [0.29, 0.717) is 29.8 Å². The van der Waals surface area contributed by atoms with Crippen LogP contribution >= 0.6 is 0 Å². The monoisotopic (exact) mass is 308 g/mol. The van der Waals surface area contributed by atoms with Gasteiger partial charge in [0.15, 0.2) is 5.43 Å². The maximum atomic E-state index is 12.4. The van der Waals surface area contributed by atoms with E-state index in [4.69, 9.17) is 9.15 Å². The molecule has 0 aliphatic heterocycles. The second-order valence-corrected chi connectivity index (χ2v) is 5.88. The molecule has 4 nitrogen and oxygen atoms in total. The average Bonchev–Trinajstić information content (AvgIpc) is 3.35. The summed E-state index contributed by atoms with van der Waals surface area (Å²) in [6.45, 7) is 2.16. The molecule has 4 heteroatoms. The third-order valence-electron chi connectivity index (χ3n) is 4.38. The van der Waals surface area contributed by atoms with Crippen LogP contribution in [0.1, 0.15) is 25.0 Å². The molecule has 0 amide bonds. The van der Waals surface area contributed by atoms with Gasteiger partial charge in [0.05, 0.1) is 17.9 Å². The van der Waals surface area contributed by atoms with Crippen molar-refractivity contribution in [1.82, 2.24) is 0 Å². The van der Waals surface area contributed by atoms with Gasteiger partial charge in [-0.3, -0.25) is 9.59 Å². The minimum atomic E-state index is -0.210. The van der Waals surface area contributed by atoms with Crippen LogP contribution in [0.15, 0.2) is 51.7 Å². The fourth-order valence-corrected chi connectivity index (χ4v) is 3.10. The Morgan fingerprint density at radius 1 is 1.22 bits per heavy atom. The van der Waals surface area contributed by atoms with E-state index in [1.165, 1.54) is 6.07 Å². The molecule has 0 saturated heterocycles. The molecule has 0 bridgehead atoms. The predicted molar refractivity (Wildman–Crippen MR) is 87.5 cm³/mol. The number of ether oxygens (including phenoxy) is 1. The van der Waals surface area contributed by atoms with Gasteiger partial charge in [0.2, 0.25) is 0 Å². The molecule has 0 radical (unpaired) electrons. The number of fused-ring (bicyclic) bond motifs is 3. The molecule has 23 heavy (non-hydrogen) atoms. The van der Waals surface area contributed by atoms with Crippen molar-refractivity contribution < 1.29 is 13.9 Å². The average molecular weight is 308 g/mol. The van der Waals surface area contributed by atoms with Crippen molar-refractivity contribution in [3.63, 3.8) is 0 Å². The highest BCUT2D eigenvalue weighted by Gasteiger charge is 2.47. The summed E-state index contributed by atoms with van der Waals surface area (Å²) < 4.78 is 11.1. The van der Waals surface area contributed by atoms with Crippen LogP contribution in [0, 0.1) is 5.92 Å². The Kier molecular flexibility index (Phi) is 3.18.